The molecule has 0 N–H and O–H groups in total. The summed E-state index contributed by atoms with van der Waals surface area (Å²) in [6, 6.07) is 8.45. The number of benzene rings is 1. The summed E-state index contributed by atoms with van der Waals surface area (Å²) in [5, 5.41) is 0. The second-order valence-electron chi connectivity index (χ2n) is 5.52. The third-order valence-electron chi connectivity index (χ3n) is 3.06. The van der Waals surface area contributed by atoms with Crippen molar-refractivity contribution in [1.29, 1.82) is 0 Å². The van der Waals surface area contributed by atoms with Crippen LogP contribution in [0.15, 0.2) is 47.9 Å². The number of hydrogen-bond donors (Lipinski definition) is 0. The normalized spacial score (nSPS) is 18.6. The molecule has 1 aliphatic rings. The second kappa shape index (κ2) is 6.47. The molecule has 0 atom stereocenters. The van der Waals surface area contributed by atoms with E-state index in [9.17, 15) is 0 Å². The minimum atomic E-state index is 0.438. The van der Waals surface area contributed by atoms with Gasteiger partial charge in [-0.05, 0) is 47.4 Å². The fourth-order valence-electron chi connectivity index (χ4n) is 2.10. The van der Waals surface area contributed by atoms with Crippen molar-refractivity contribution in [1.82, 2.24) is 0 Å². The lowest BCUT2D eigenvalue weighted by atomic mass is 10.0. The Morgan fingerprint density at radius 1 is 1.20 bits per heavy atom. The van der Waals surface area contributed by atoms with Crippen molar-refractivity contribution in [2.45, 2.75) is 20.3 Å². The van der Waals surface area contributed by atoms with Crippen LogP contribution in [0.4, 0.5) is 5.69 Å². The van der Waals surface area contributed by atoms with Crippen LogP contribution >= 0.6 is 0 Å². The van der Waals surface area contributed by atoms with E-state index in [1.807, 2.05) is 20.2 Å². The third kappa shape index (κ3) is 4.02. The summed E-state index contributed by atoms with van der Waals surface area (Å²) in [6.07, 6.45) is 10.1. The van der Waals surface area contributed by atoms with Gasteiger partial charge in [0.1, 0.15) is 5.76 Å². The molecule has 2 heteroatoms. The molecular formula is C18H22NO. The van der Waals surface area contributed by atoms with E-state index in [0.29, 0.717) is 5.92 Å². The molecule has 0 spiro atoms. The van der Waals surface area contributed by atoms with Crippen LogP contribution in [0.1, 0.15) is 25.8 Å². The van der Waals surface area contributed by atoms with Crippen molar-refractivity contribution in [3.63, 3.8) is 0 Å². The van der Waals surface area contributed by atoms with Crippen molar-refractivity contribution in [2.24, 2.45) is 5.92 Å². The van der Waals surface area contributed by atoms with E-state index in [1.54, 1.807) is 6.26 Å². The summed E-state index contributed by atoms with van der Waals surface area (Å²) in [4.78, 5) is 2.09. The first-order valence-corrected chi connectivity index (χ1v) is 6.98. The monoisotopic (exact) mass is 268 g/mol. The molecule has 0 unspecified atom stereocenters. The highest BCUT2D eigenvalue weighted by Crippen LogP contribution is 2.23. The maximum absolute atomic E-state index is 5.58. The zero-order valence-corrected chi connectivity index (χ0v) is 12.7. The van der Waals surface area contributed by atoms with Gasteiger partial charge in [0.2, 0.25) is 0 Å². The first-order valence-electron chi connectivity index (χ1n) is 6.98. The Balaban J connectivity index is 2.13. The predicted octanol–water partition coefficient (Wildman–Crippen LogP) is 4.41. The molecule has 2 rings (SSSR count). The second-order valence-corrected chi connectivity index (χ2v) is 5.52. The van der Waals surface area contributed by atoms with E-state index in [4.69, 9.17) is 4.74 Å². The van der Waals surface area contributed by atoms with Gasteiger partial charge in [-0.2, -0.15) is 0 Å². The first-order chi connectivity index (χ1) is 9.54. The molecule has 0 aromatic heterocycles. The highest BCUT2D eigenvalue weighted by atomic mass is 16.5. The van der Waals surface area contributed by atoms with Crippen LogP contribution < -0.4 is 4.90 Å². The van der Waals surface area contributed by atoms with Crippen LogP contribution in [0.25, 0.3) is 6.08 Å². The Hall–Kier alpha value is -1.96. The Bertz CT molecular complexity index is 533. The lowest BCUT2D eigenvalue weighted by Crippen LogP contribution is -2.07. The Labute approximate surface area is 122 Å². The Morgan fingerprint density at radius 3 is 2.50 bits per heavy atom. The van der Waals surface area contributed by atoms with Gasteiger partial charge in [0, 0.05) is 26.2 Å². The van der Waals surface area contributed by atoms with E-state index >= 15 is 0 Å². The fraction of sp³-hybridized carbons (Fsp3) is 0.333. The fourth-order valence-corrected chi connectivity index (χ4v) is 2.10. The number of nitrogens with zero attached hydrogens (tertiary/aromatic N) is 1. The van der Waals surface area contributed by atoms with Gasteiger partial charge in [-0.15, -0.1) is 0 Å². The average molecular weight is 268 g/mol. The highest BCUT2D eigenvalue weighted by molar-refractivity contribution is 5.57. The van der Waals surface area contributed by atoms with Crippen LogP contribution in [0.3, 0.4) is 0 Å². The van der Waals surface area contributed by atoms with E-state index in [-0.39, 0.29) is 0 Å². The van der Waals surface area contributed by atoms with Crippen molar-refractivity contribution in [2.75, 3.05) is 19.0 Å². The van der Waals surface area contributed by atoms with E-state index in [1.165, 1.54) is 11.3 Å². The van der Waals surface area contributed by atoms with Gasteiger partial charge in [0.15, 0.2) is 0 Å². The van der Waals surface area contributed by atoms with Gasteiger partial charge in [0.05, 0.1) is 6.26 Å². The summed E-state index contributed by atoms with van der Waals surface area (Å²) in [6.45, 7) is 4.28. The average Bonchev–Trinajstić information content (AvgIpc) is 2.39. The standard InChI is InChI=1S/C18H22NO/c1-14(2)11-16-9-10-20-18(13-16)12-15-5-7-17(8-6-15)19(3)4/h5-10,12,14H,13H2,1-4H3. The topological polar surface area (TPSA) is 12.5 Å². The summed E-state index contributed by atoms with van der Waals surface area (Å²) in [5.41, 5.74) is 3.55. The zero-order chi connectivity index (χ0) is 14.5. The first kappa shape index (κ1) is 14.4. The molecule has 1 aromatic rings. The van der Waals surface area contributed by atoms with Crippen LogP contribution in [-0.2, 0) is 4.74 Å². The molecule has 1 heterocycles. The van der Waals surface area contributed by atoms with Gasteiger partial charge in [-0.3, -0.25) is 0 Å². The van der Waals surface area contributed by atoms with Crippen molar-refractivity contribution in [3.05, 3.63) is 59.6 Å². The number of rotatable bonds is 3. The van der Waals surface area contributed by atoms with Gasteiger partial charge >= 0.3 is 0 Å². The third-order valence-corrected chi connectivity index (χ3v) is 3.06. The van der Waals surface area contributed by atoms with E-state index in [0.717, 1.165) is 17.7 Å². The van der Waals surface area contributed by atoms with Crippen LogP contribution in [0, 0.1) is 12.0 Å². The highest BCUT2D eigenvalue weighted by Gasteiger charge is 2.07. The maximum atomic E-state index is 5.58. The van der Waals surface area contributed by atoms with Crippen LogP contribution in [0.5, 0.6) is 0 Å². The quantitative estimate of drug-likeness (QED) is 0.805. The minimum absolute atomic E-state index is 0.438. The molecule has 1 aromatic carbocycles. The largest absolute Gasteiger partial charge is 0.469 e. The van der Waals surface area contributed by atoms with Gasteiger partial charge in [-0.25, -0.2) is 0 Å². The van der Waals surface area contributed by atoms with Crippen molar-refractivity contribution in [3.8, 4) is 0 Å². The molecule has 0 saturated heterocycles. The number of anilines is 1. The molecule has 0 amide bonds. The molecule has 0 fully saturated rings. The number of allylic oxidation sites excluding steroid dienone is 3. The summed E-state index contributed by atoms with van der Waals surface area (Å²) < 4.78 is 5.58. The van der Waals surface area contributed by atoms with E-state index in [2.05, 4.69) is 55.2 Å². The minimum Gasteiger partial charge on any atom is -0.469 e. The number of ether oxygens (including phenoxy) is 1. The lowest BCUT2D eigenvalue weighted by molar-refractivity contribution is 0.336. The SMILES string of the molecule is CC(C)[C]=C1C=COC(=Cc2ccc(N(C)C)cc2)C1. The van der Waals surface area contributed by atoms with Gasteiger partial charge in [0.25, 0.3) is 0 Å². The smallest absolute Gasteiger partial charge is 0.108 e. The van der Waals surface area contributed by atoms with Crippen molar-refractivity contribution < 1.29 is 4.74 Å². The number of hydrogen-bond acceptors (Lipinski definition) is 2. The molecule has 0 aliphatic carbocycles. The molecule has 1 aliphatic heterocycles. The summed E-state index contributed by atoms with van der Waals surface area (Å²) in [7, 11) is 4.09. The molecule has 2 nitrogen and oxygen atoms in total. The van der Waals surface area contributed by atoms with E-state index < -0.39 is 0 Å². The Morgan fingerprint density at radius 2 is 1.90 bits per heavy atom. The van der Waals surface area contributed by atoms with Crippen LogP contribution in [-0.4, -0.2) is 14.1 Å². The summed E-state index contributed by atoms with van der Waals surface area (Å²) >= 11 is 0. The molecular weight excluding hydrogens is 246 g/mol. The Kier molecular flexibility index (Phi) is 4.67. The molecule has 0 saturated carbocycles. The van der Waals surface area contributed by atoms with Crippen molar-refractivity contribution >= 4 is 11.8 Å². The molecule has 0 bridgehead atoms. The van der Waals surface area contributed by atoms with Gasteiger partial charge in [-0.1, -0.05) is 26.0 Å². The lowest BCUT2D eigenvalue weighted by Gasteiger charge is -2.14. The van der Waals surface area contributed by atoms with Gasteiger partial charge < -0.3 is 9.64 Å². The molecule has 105 valence electrons. The van der Waals surface area contributed by atoms with Crippen LogP contribution in [0.2, 0.25) is 0 Å². The molecule has 20 heavy (non-hydrogen) atoms. The predicted molar refractivity (Wildman–Crippen MR) is 85.2 cm³/mol. The summed E-state index contributed by atoms with van der Waals surface area (Å²) in [5.74, 6) is 1.40. The zero-order valence-electron chi connectivity index (χ0n) is 12.7. The molecule has 1 radical (unpaired) electrons. The maximum Gasteiger partial charge on any atom is 0.108 e.